The quantitative estimate of drug-likeness (QED) is 0.344. The van der Waals surface area contributed by atoms with Crippen molar-refractivity contribution < 1.29 is 9.53 Å². The van der Waals surface area contributed by atoms with Gasteiger partial charge in [0.15, 0.2) is 0 Å². The number of ether oxygens (including phenoxy) is 1. The van der Waals surface area contributed by atoms with E-state index in [9.17, 15) is 4.79 Å². The third-order valence-corrected chi connectivity index (χ3v) is 7.73. The van der Waals surface area contributed by atoms with Gasteiger partial charge in [-0.1, -0.05) is 47.5 Å². The summed E-state index contributed by atoms with van der Waals surface area (Å²) >= 11 is 12.0. The lowest BCUT2D eigenvalue weighted by Crippen LogP contribution is -2.37. The second-order valence-electron chi connectivity index (χ2n) is 9.41. The number of aromatic nitrogens is 1. The Balaban J connectivity index is 1.27. The zero-order valence-corrected chi connectivity index (χ0v) is 21.8. The maximum absolute atomic E-state index is 13.4. The topological polar surface area (TPSA) is 45.7 Å². The molecular weight excluding hydrogens is 493 g/mol. The fourth-order valence-corrected chi connectivity index (χ4v) is 5.63. The van der Waals surface area contributed by atoms with E-state index in [0.29, 0.717) is 23.2 Å². The Hall–Kier alpha value is -2.86. The van der Waals surface area contributed by atoms with Gasteiger partial charge in [0.25, 0.3) is 5.91 Å². The van der Waals surface area contributed by atoms with Gasteiger partial charge in [-0.3, -0.25) is 9.69 Å². The third-order valence-electron chi connectivity index (χ3n) is 7.27. The number of hydrogen-bond acceptors (Lipinski definition) is 4. The third kappa shape index (κ3) is 5.44. The molecule has 7 heteroatoms. The monoisotopic (exact) mass is 521 g/mol. The Bertz CT molecular complexity index is 1250. The molecule has 36 heavy (non-hydrogen) atoms. The number of carbonyl (C=O) groups excluding carboxylic acids is 1. The summed E-state index contributed by atoms with van der Waals surface area (Å²) in [6.45, 7) is 3.68. The van der Waals surface area contributed by atoms with E-state index >= 15 is 0 Å². The van der Waals surface area contributed by atoms with Crippen molar-refractivity contribution in [2.75, 3.05) is 38.2 Å². The molecule has 1 saturated heterocycles. The van der Waals surface area contributed by atoms with Gasteiger partial charge in [0.05, 0.1) is 7.11 Å². The Morgan fingerprint density at radius 3 is 2.58 bits per heavy atom. The number of carbonyl (C=O) groups is 1. The number of halogens is 2. The molecule has 186 valence electrons. The maximum Gasteiger partial charge on any atom is 0.258 e. The van der Waals surface area contributed by atoms with Crippen LogP contribution in [-0.2, 0) is 0 Å². The van der Waals surface area contributed by atoms with Gasteiger partial charge in [0.1, 0.15) is 10.9 Å². The van der Waals surface area contributed by atoms with Gasteiger partial charge in [-0.25, -0.2) is 4.98 Å². The number of hydrogen-bond donors (Lipinski definition) is 0. The lowest BCUT2D eigenvalue weighted by atomic mass is 9.81. The highest BCUT2D eigenvalue weighted by atomic mass is 35.5. The van der Waals surface area contributed by atoms with Crippen molar-refractivity contribution in [3.8, 4) is 5.75 Å². The number of benzene rings is 2. The summed E-state index contributed by atoms with van der Waals surface area (Å²) < 4.78 is 5.52. The molecule has 2 aromatic carbocycles. The van der Waals surface area contributed by atoms with E-state index in [1.54, 1.807) is 25.4 Å². The van der Waals surface area contributed by atoms with E-state index in [0.717, 1.165) is 54.5 Å². The van der Waals surface area contributed by atoms with E-state index in [4.69, 9.17) is 27.9 Å². The van der Waals surface area contributed by atoms with Crippen LogP contribution in [0.3, 0.4) is 0 Å². The average molecular weight is 522 g/mol. The van der Waals surface area contributed by atoms with Crippen molar-refractivity contribution in [1.29, 1.82) is 0 Å². The molecule has 0 spiro atoms. The molecule has 1 unspecified atom stereocenters. The Morgan fingerprint density at radius 1 is 1.08 bits per heavy atom. The summed E-state index contributed by atoms with van der Waals surface area (Å²) in [6.07, 6.45) is 8.14. The Kier molecular flexibility index (Phi) is 7.61. The van der Waals surface area contributed by atoms with Crippen molar-refractivity contribution in [3.05, 3.63) is 93.7 Å². The van der Waals surface area contributed by atoms with E-state index in [1.165, 1.54) is 5.56 Å². The van der Waals surface area contributed by atoms with Crippen molar-refractivity contribution in [2.24, 2.45) is 5.92 Å². The van der Waals surface area contributed by atoms with Crippen LogP contribution >= 0.6 is 23.2 Å². The predicted octanol–water partition coefficient (Wildman–Crippen LogP) is 6.57. The van der Waals surface area contributed by atoms with Crippen molar-refractivity contribution in [3.63, 3.8) is 0 Å². The minimum atomic E-state index is -0.0435. The van der Waals surface area contributed by atoms with E-state index in [-0.39, 0.29) is 11.8 Å². The van der Waals surface area contributed by atoms with Crippen LogP contribution < -0.4 is 9.64 Å². The van der Waals surface area contributed by atoms with Gasteiger partial charge < -0.3 is 9.64 Å². The highest BCUT2D eigenvalue weighted by Gasteiger charge is 2.38. The Labute approximate surface area is 222 Å². The molecule has 5 nitrogen and oxygen atoms in total. The zero-order valence-electron chi connectivity index (χ0n) is 20.2. The fraction of sp³-hybridized carbons (Fsp3) is 0.310. The first-order valence-corrected chi connectivity index (χ1v) is 13.0. The first-order valence-electron chi connectivity index (χ1n) is 12.3. The molecule has 0 radical (unpaired) electrons. The SMILES string of the molecule is COc1ccc2c(c1)C(C1CCN(CC=Cc3ccc(Cl)cc3)CC1)CN2C(=O)c1ccnc(Cl)c1. The summed E-state index contributed by atoms with van der Waals surface area (Å²) in [5, 5.41) is 1.08. The van der Waals surface area contributed by atoms with Gasteiger partial charge in [-0.2, -0.15) is 0 Å². The maximum atomic E-state index is 13.4. The fourth-order valence-electron chi connectivity index (χ4n) is 5.33. The molecule has 0 aliphatic carbocycles. The van der Waals surface area contributed by atoms with Crippen LogP contribution in [-0.4, -0.2) is 49.1 Å². The van der Waals surface area contributed by atoms with Gasteiger partial charge in [-0.15, -0.1) is 0 Å². The van der Waals surface area contributed by atoms with Crippen LogP contribution in [0.15, 0.2) is 66.9 Å². The lowest BCUT2D eigenvalue weighted by molar-refractivity contribution is 0.0985. The van der Waals surface area contributed by atoms with E-state index in [2.05, 4.69) is 28.1 Å². The predicted molar refractivity (Wildman–Crippen MR) is 146 cm³/mol. The summed E-state index contributed by atoms with van der Waals surface area (Å²) in [7, 11) is 1.68. The normalized spacial score (nSPS) is 18.5. The highest BCUT2D eigenvalue weighted by molar-refractivity contribution is 6.30. The number of piperidine rings is 1. The molecule has 2 aliphatic rings. The number of fused-ring (bicyclic) bond motifs is 1. The highest BCUT2D eigenvalue weighted by Crippen LogP contribution is 2.45. The minimum Gasteiger partial charge on any atom is -0.497 e. The van der Waals surface area contributed by atoms with Crippen LogP contribution in [0.1, 0.15) is 40.2 Å². The summed E-state index contributed by atoms with van der Waals surface area (Å²) in [5.74, 6) is 1.57. The van der Waals surface area contributed by atoms with Crippen molar-refractivity contribution in [2.45, 2.75) is 18.8 Å². The van der Waals surface area contributed by atoms with Crippen molar-refractivity contribution >= 4 is 40.9 Å². The van der Waals surface area contributed by atoms with E-state index in [1.807, 2.05) is 41.3 Å². The molecular formula is C29H29Cl2N3O2. The number of rotatable bonds is 6. The van der Waals surface area contributed by atoms with Crippen LogP contribution in [0.4, 0.5) is 5.69 Å². The molecule has 0 bridgehead atoms. The first kappa shape index (κ1) is 24.8. The minimum absolute atomic E-state index is 0.0435. The van der Waals surface area contributed by atoms with Crippen molar-refractivity contribution in [1.82, 2.24) is 9.88 Å². The van der Waals surface area contributed by atoms with Crippen LogP contribution in [0.25, 0.3) is 6.08 Å². The Morgan fingerprint density at radius 2 is 1.86 bits per heavy atom. The number of methoxy groups -OCH3 is 1. The first-order chi connectivity index (χ1) is 17.5. The summed E-state index contributed by atoms with van der Waals surface area (Å²) in [5.41, 5.74) is 3.88. The van der Waals surface area contributed by atoms with Crippen LogP contribution in [0.5, 0.6) is 5.75 Å². The average Bonchev–Trinajstić information content (AvgIpc) is 3.28. The smallest absolute Gasteiger partial charge is 0.258 e. The second kappa shape index (κ2) is 11.0. The lowest BCUT2D eigenvalue weighted by Gasteiger charge is -2.34. The number of likely N-dealkylation sites (tertiary alicyclic amines) is 1. The molecule has 5 rings (SSSR count). The molecule has 1 atom stereocenters. The number of anilines is 1. The van der Waals surface area contributed by atoms with Gasteiger partial charge in [-0.05, 0) is 85.4 Å². The number of pyridine rings is 1. The molecule has 0 N–H and O–H groups in total. The van der Waals surface area contributed by atoms with Gasteiger partial charge >= 0.3 is 0 Å². The molecule has 1 aromatic heterocycles. The molecule has 1 fully saturated rings. The standard InChI is InChI=1S/C29H29Cl2N3O2/c1-36-24-8-9-27-25(18-24)26(19-34(27)29(35)22-10-13-32-28(31)17-22)21-11-15-33(16-12-21)14-2-3-20-4-6-23(30)7-5-20/h2-10,13,17-18,21,26H,11-12,14-16,19H2,1H3. The number of nitrogens with zero attached hydrogens (tertiary/aromatic N) is 3. The number of amides is 1. The molecule has 1 amide bonds. The van der Waals surface area contributed by atoms with Gasteiger partial charge in [0.2, 0.25) is 0 Å². The second-order valence-corrected chi connectivity index (χ2v) is 10.2. The molecule has 2 aliphatic heterocycles. The summed E-state index contributed by atoms with van der Waals surface area (Å²) in [6, 6.07) is 17.3. The van der Waals surface area contributed by atoms with Crippen LogP contribution in [0, 0.1) is 5.92 Å². The van der Waals surface area contributed by atoms with Crippen LogP contribution in [0.2, 0.25) is 10.2 Å². The molecule has 3 aromatic rings. The largest absolute Gasteiger partial charge is 0.497 e. The van der Waals surface area contributed by atoms with Gasteiger partial charge in [0, 0.05) is 41.5 Å². The summed E-state index contributed by atoms with van der Waals surface area (Å²) in [4.78, 5) is 21.8. The molecule has 3 heterocycles. The van der Waals surface area contributed by atoms with E-state index < -0.39 is 0 Å². The molecule has 0 saturated carbocycles. The zero-order chi connectivity index (χ0) is 25.1.